The molecule has 0 aromatic rings. The molecular weight excluding hydrogens is 234 g/mol. The molecule has 0 aliphatic carbocycles. The molecule has 0 saturated carbocycles. The molecule has 2 bridgehead atoms. The van der Waals surface area contributed by atoms with E-state index in [1.807, 2.05) is 0 Å². The van der Waals surface area contributed by atoms with E-state index in [2.05, 4.69) is 23.6 Å². The summed E-state index contributed by atoms with van der Waals surface area (Å²) in [5.41, 5.74) is 6.58. The van der Waals surface area contributed by atoms with Crippen molar-refractivity contribution >= 4 is 0 Å². The zero-order valence-corrected chi connectivity index (χ0v) is 12.7. The smallest absolute Gasteiger partial charge is 0.0406 e. The maximum atomic E-state index is 6.58. The van der Waals surface area contributed by atoms with Crippen molar-refractivity contribution in [2.45, 2.75) is 64.1 Å². The fourth-order valence-corrected chi connectivity index (χ4v) is 5.09. The van der Waals surface area contributed by atoms with Gasteiger partial charge in [0.25, 0.3) is 0 Å². The molecule has 4 atom stereocenters. The van der Waals surface area contributed by atoms with Crippen molar-refractivity contribution in [3.05, 3.63) is 0 Å². The largest absolute Gasteiger partial charge is 0.326 e. The van der Waals surface area contributed by atoms with Crippen molar-refractivity contribution in [3.8, 4) is 0 Å². The molecule has 0 aromatic carbocycles. The maximum absolute atomic E-state index is 6.58. The summed E-state index contributed by atoms with van der Waals surface area (Å²) in [6.07, 6.45) is 6.55. The second-order valence-electron chi connectivity index (χ2n) is 6.97. The molecule has 4 unspecified atom stereocenters. The average molecular weight is 265 g/mol. The minimum atomic E-state index is 0.380. The van der Waals surface area contributed by atoms with Gasteiger partial charge >= 0.3 is 0 Å². The van der Waals surface area contributed by atoms with Crippen LogP contribution in [0.1, 0.15) is 46.0 Å². The van der Waals surface area contributed by atoms with E-state index in [1.165, 1.54) is 58.3 Å². The van der Waals surface area contributed by atoms with Gasteiger partial charge in [-0.25, -0.2) is 0 Å². The van der Waals surface area contributed by atoms with Crippen molar-refractivity contribution in [3.63, 3.8) is 0 Å². The van der Waals surface area contributed by atoms with Crippen LogP contribution in [0.15, 0.2) is 0 Å². The van der Waals surface area contributed by atoms with Crippen molar-refractivity contribution < 1.29 is 0 Å². The zero-order chi connectivity index (χ0) is 13.4. The summed E-state index contributed by atoms with van der Waals surface area (Å²) in [4.78, 5) is 5.52. The summed E-state index contributed by atoms with van der Waals surface area (Å²) in [6.45, 7) is 9.81. The molecule has 4 aliphatic rings. The zero-order valence-electron chi connectivity index (χ0n) is 12.7. The SMILES string of the molecule is CCCC(N)C1C2C(CN1CCC)C1CCN2CC1. The standard InChI is InChI=1S/C16H31N3/c1-3-5-14(17)16-15-13(11-19(16)8-4-2)12-6-9-18(15)10-7-12/h12-16H,3-11,17H2,1-2H3. The summed E-state index contributed by atoms with van der Waals surface area (Å²) in [5, 5.41) is 0. The first kappa shape index (κ1) is 13.8. The molecule has 4 saturated heterocycles. The molecule has 0 radical (unpaired) electrons. The van der Waals surface area contributed by atoms with Crippen molar-refractivity contribution in [2.24, 2.45) is 17.6 Å². The van der Waals surface area contributed by atoms with Gasteiger partial charge < -0.3 is 5.73 Å². The molecule has 4 fully saturated rings. The first-order valence-corrected chi connectivity index (χ1v) is 8.50. The van der Waals surface area contributed by atoms with E-state index in [0.717, 1.165) is 17.9 Å². The van der Waals surface area contributed by atoms with Crippen LogP contribution < -0.4 is 5.73 Å². The lowest BCUT2D eigenvalue weighted by atomic mass is 9.73. The number of rotatable bonds is 5. The fraction of sp³-hybridized carbons (Fsp3) is 1.00. The topological polar surface area (TPSA) is 32.5 Å². The van der Waals surface area contributed by atoms with Crippen LogP contribution in [0.2, 0.25) is 0 Å². The van der Waals surface area contributed by atoms with E-state index in [4.69, 9.17) is 5.73 Å². The number of hydrogen-bond acceptors (Lipinski definition) is 3. The predicted octanol–water partition coefficient (Wildman–Crippen LogP) is 1.92. The maximum Gasteiger partial charge on any atom is 0.0406 e. The molecule has 3 nitrogen and oxygen atoms in total. The Morgan fingerprint density at radius 2 is 1.89 bits per heavy atom. The van der Waals surface area contributed by atoms with Gasteiger partial charge in [-0.15, -0.1) is 0 Å². The van der Waals surface area contributed by atoms with E-state index in [0.29, 0.717) is 12.1 Å². The first-order valence-electron chi connectivity index (χ1n) is 8.50. The predicted molar refractivity (Wildman–Crippen MR) is 80.1 cm³/mol. The van der Waals surface area contributed by atoms with Gasteiger partial charge in [-0.2, -0.15) is 0 Å². The number of nitrogens with two attached hydrogens (primary N) is 1. The Labute approximate surface area is 118 Å². The highest BCUT2D eigenvalue weighted by atomic mass is 15.3. The van der Waals surface area contributed by atoms with Gasteiger partial charge in [0.15, 0.2) is 0 Å². The molecule has 0 spiro atoms. The molecule has 110 valence electrons. The summed E-state index contributed by atoms with van der Waals surface area (Å²) in [5.74, 6) is 1.91. The van der Waals surface area contributed by atoms with Gasteiger partial charge in [0, 0.05) is 24.7 Å². The first-order chi connectivity index (χ1) is 9.26. The molecule has 4 heterocycles. The van der Waals surface area contributed by atoms with Crippen LogP contribution in [0.4, 0.5) is 0 Å². The number of likely N-dealkylation sites (tertiary alicyclic amines) is 1. The lowest BCUT2D eigenvalue weighted by molar-refractivity contribution is -0.000809. The van der Waals surface area contributed by atoms with E-state index in [-0.39, 0.29) is 0 Å². The van der Waals surface area contributed by atoms with Crippen LogP contribution in [0.5, 0.6) is 0 Å². The molecule has 4 rings (SSSR count). The highest BCUT2D eigenvalue weighted by Gasteiger charge is 2.53. The van der Waals surface area contributed by atoms with Crippen molar-refractivity contribution in [1.29, 1.82) is 0 Å². The lowest BCUT2D eigenvalue weighted by Crippen LogP contribution is -2.61. The van der Waals surface area contributed by atoms with Crippen LogP contribution in [0.3, 0.4) is 0 Å². The van der Waals surface area contributed by atoms with Gasteiger partial charge in [0.05, 0.1) is 0 Å². The Hall–Kier alpha value is -0.120. The third-order valence-corrected chi connectivity index (χ3v) is 5.83. The Morgan fingerprint density at radius 3 is 2.53 bits per heavy atom. The van der Waals surface area contributed by atoms with Gasteiger partial charge in [-0.3, -0.25) is 9.80 Å². The van der Waals surface area contributed by atoms with Crippen LogP contribution in [0.25, 0.3) is 0 Å². The van der Waals surface area contributed by atoms with Crippen LogP contribution in [-0.2, 0) is 0 Å². The van der Waals surface area contributed by atoms with Crippen LogP contribution >= 0.6 is 0 Å². The van der Waals surface area contributed by atoms with E-state index in [9.17, 15) is 0 Å². The Balaban J connectivity index is 1.80. The third-order valence-electron chi connectivity index (χ3n) is 5.83. The third kappa shape index (κ3) is 2.34. The lowest BCUT2D eigenvalue weighted by Gasteiger charge is -2.50. The normalized spacial score (nSPS) is 43.4. The molecule has 2 N–H and O–H groups in total. The van der Waals surface area contributed by atoms with E-state index in [1.54, 1.807) is 0 Å². The molecule has 4 aliphatic heterocycles. The van der Waals surface area contributed by atoms with Gasteiger partial charge in [0.1, 0.15) is 0 Å². The number of hydrogen-bond donors (Lipinski definition) is 1. The average Bonchev–Trinajstić information content (AvgIpc) is 2.81. The van der Waals surface area contributed by atoms with Crippen LogP contribution in [-0.4, -0.2) is 54.1 Å². The van der Waals surface area contributed by atoms with Gasteiger partial charge in [-0.1, -0.05) is 20.3 Å². The summed E-state index contributed by atoms with van der Waals surface area (Å²) < 4.78 is 0. The van der Waals surface area contributed by atoms with Crippen molar-refractivity contribution in [2.75, 3.05) is 26.2 Å². The second-order valence-corrected chi connectivity index (χ2v) is 6.97. The number of nitrogens with zero attached hydrogens (tertiary/aromatic N) is 2. The summed E-state index contributed by atoms with van der Waals surface area (Å²) in [6, 6.07) is 1.79. The highest BCUT2D eigenvalue weighted by molar-refractivity contribution is 5.09. The number of piperidine rings is 3. The Morgan fingerprint density at radius 1 is 1.16 bits per heavy atom. The molecule has 0 aromatic heterocycles. The minimum Gasteiger partial charge on any atom is -0.326 e. The van der Waals surface area contributed by atoms with E-state index >= 15 is 0 Å². The summed E-state index contributed by atoms with van der Waals surface area (Å²) in [7, 11) is 0. The Bertz CT molecular complexity index is 298. The van der Waals surface area contributed by atoms with Gasteiger partial charge in [-0.05, 0) is 57.2 Å². The van der Waals surface area contributed by atoms with Gasteiger partial charge in [0.2, 0.25) is 0 Å². The van der Waals surface area contributed by atoms with Crippen LogP contribution in [0, 0.1) is 11.8 Å². The highest BCUT2D eigenvalue weighted by Crippen LogP contribution is 2.44. The van der Waals surface area contributed by atoms with E-state index < -0.39 is 0 Å². The summed E-state index contributed by atoms with van der Waals surface area (Å²) >= 11 is 0. The molecular formula is C16H31N3. The second kappa shape index (κ2) is 5.71. The molecule has 0 amide bonds. The fourth-order valence-electron chi connectivity index (χ4n) is 5.09. The Kier molecular flexibility index (Phi) is 4.16. The molecule has 3 heteroatoms. The number of fused-ring (bicyclic) bond motifs is 2. The monoisotopic (exact) mass is 265 g/mol. The molecule has 19 heavy (non-hydrogen) atoms. The quantitative estimate of drug-likeness (QED) is 0.824. The van der Waals surface area contributed by atoms with Crippen molar-refractivity contribution in [1.82, 2.24) is 9.80 Å². The minimum absolute atomic E-state index is 0.380.